The minimum Gasteiger partial charge on any atom is -0.382 e. The lowest BCUT2D eigenvalue weighted by atomic mass is 10.0. The Labute approximate surface area is 158 Å². The standard InChI is InChI=1S/C18H27N5O4/c1-13-10-14(2)23(20-13)11-17(24)22-7-5-4-6-15(22)18-19-16(27-21-18)12-26-9-8-25-3/h10,15H,4-9,11-12H2,1-3H3. The van der Waals surface area contributed by atoms with Gasteiger partial charge in [-0.2, -0.15) is 10.1 Å². The molecule has 2 aromatic heterocycles. The molecule has 3 rings (SSSR count). The van der Waals surface area contributed by atoms with Crippen molar-refractivity contribution in [1.82, 2.24) is 24.8 Å². The van der Waals surface area contributed by atoms with Gasteiger partial charge in [0.1, 0.15) is 13.2 Å². The van der Waals surface area contributed by atoms with Gasteiger partial charge in [-0.3, -0.25) is 9.48 Å². The van der Waals surface area contributed by atoms with E-state index in [0.29, 0.717) is 31.5 Å². The summed E-state index contributed by atoms with van der Waals surface area (Å²) in [4.78, 5) is 19.2. The lowest BCUT2D eigenvalue weighted by molar-refractivity contribution is -0.136. The molecule has 1 atom stereocenters. The second-order valence-electron chi connectivity index (χ2n) is 6.78. The SMILES string of the molecule is COCCOCc1nc(C2CCCCN2C(=O)Cn2nc(C)cc2C)no1. The smallest absolute Gasteiger partial charge is 0.252 e. The lowest BCUT2D eigenvalue weighted by Crippen LogP contribution is -2.41. The van der Waals surface area contributed by atoms with Gasteiger partial charge >= 0.3 is 0 Å². The van der Waals surface area contributed by atoms with Crippen LogP contribution in [0.25, 0.3) is 0 Å². The molecule has 9 heteroatoms. The monoisotopic (exact) mass is 377 g/mol. The van der Waals surface area contributed by atoms with Gasteiger partial charge in [-0.15, -0.1) is 0 Å². The average molecular weight is 377 g/mol. The molecule has 1 fully saturated rings. The van der Waals surface area contributed by atoms with E-state index < -0.39 is 0 Å². The molecule has 0 radical (unpaired) electrons. The number of rotatable bonds is 8. The van der Waals surface area contributed by atoms with Crippen molar-refractivity contribution in [1.29, 1.82) is 0 Å². The van der Waals surface area contributed by atoms with Gasteiger partial charge in [-0.25, -0.2) is 0 Å². The van der Waals surface area contributed by atoms with Crippen LogP contribution in [0.4, 0.5) is 0 Å². The summed E-state index contributed by atoms with van der Waals surface area (Å²) in [5.41, 5.74) is 1.89. The number of nitrogens with zero attached hydrogens (tertiary/aromatic N) is 5. The predicted molar refractivity (Wildman–Crippen MR) is 95.8 cm³/mol. The molecule has 1 amide bonds. The van der Waals surface area contributed by atoms with Crippen LogP contribution in [0, 0.1) is 13.8 Å². The molecular weight excluding hydrogens is 350 g/mol. The van der Waals surface area contributed by atoms with Crippen molar-refractivity contribution in [2.75, 3.05) is 26.9 Å². The van der Waals surface area contributed by atoms with Gasteiger partial charge in [0.15, 0.2) is 5.82 Å². The van der Waals surface area contributed by atoms with Crippen molar-refractivity contribution in [3.8, 4) is 0 Å². The number of carbonyl (C=O) groups is 1. The van der Waals surface area contributed by atoms with E-state index in [0.717, 1.165) is 30.7 Å². The number of aryl methyl sites for hydroxylation is 2. The minimum absolute atomic E-state index is 0.0218. The van der Waals surface area contributed by atoms with Crippen LogP contribution in [0.3, 0.4) is 0 Å². The van der Waals surface area contributed by atoms with Gasteiger partial charge in [-0.1, -0.05) is 5.16 Å². The number of hydrogen-bond acceptors (Lipinski definition) is 7. The number of methoxy groups -OCH3 is 1. The van der Waals surface area contributed by atoms with Gasteiger partial charge in [0.05, 0.1) is 24.9 Å². The number of piperidine rings is 1. The summed E-state index contributed by atoms with van der Waals surface area (Å²) >= 11 is 0. The Morgan fingerprint density at radius 3 is 2.93 bits per heavy atom. The highest BCUT2D eigenvalue weighted by Crippen LogP contribution is 2.29. The summed E-state index contributed by atoms with van der Waals surface area (Å²) in [6.45, 7) is 6.01. The summed E-state index contributed by atoms with van der Waals surface area (Å²) in [5, 5.41) is 8.47. The molecule has 0 aromatic carbocycles. The van der Waals surface area contributed by atoms with Crippen LogP contribution in [0.1, 0.15) is 48.4 Å². The number of ether oxygens (including phenoxy) is 2. The molecule has 1 aliphatic rings. The van der Waals surface area contributed by atoms with Crippen molar-refractivity contribution >= 4 is 5.91 Å². The fraction of sp³-hybridized carbons (Fsp3) is 0.667. The summed E-state index contributed by atoms with van der Waals surface area (Å²) in [6, 6.07) is 1.80. The van der Waals surface area contributed by atoms with E-state index >= 15 is 0 Å². The van der Waals surface area contributed by atoms with Crippen LogP contribution >= 0.6 is 0 Å². The van der Waals surface area contributed by atoms with Crippen molar-refractivity contribution < 1.29 is 18.8 Å². The number of hydrogen-bond donors (Lipinski definition) is 0. The molecule has 1 aliphatic heterocycles. The first-order chi connectivity index (χ1) is 13.1. The first-order valence-electron chi connectivity index (χ1n) is 9.28. The second kappa shape index (κ2) is 9.09. The van der Waals surface area contributed by atoms with Crippen molar-refractivity contribution in [3.05, 3.63) is 29.2 Å². The molecule has 0 N–H and O–H groups in total. The highest BCUT2D eigenvalue weighted by atomic mass is 16.5. The van der Waals surface area contributed by atoms with Crippen molar-refractivity contribution in [2.45, 2.75) is 52.3 Å². The third-order valence-corrected chi connectivity index (χ3v) is 4.65. The Hall–Kier alpha value is -2.26. The summed E-state index contributed by atoms with van der Waals surface area (Å²) in [6.07, 6.45) is 2.83. The number of aromatic nitrogens is 4. The van der Waals surface area contributed by atoms with E-state index in [1.165, 1.54) is 0 Å². The van der Waals surface area contributed by atoms with Gasteiger partial charge in [0.2, 0.25) is 5.91 Å². The highest BCUT2D eigenvalue weighted by Gasteiger charge is 2.31. The fourth-order valence-corrected chi connectivity index (χ4v) is 3.32. The second-order valence-corrected chi connectivity index (χ2v) is 6.78. The van der Waals surface area contributed by atoms with Gasteiger partial charge in [0.25, 0.3) is 5.89 Å². The molecule has 1 saturated heterocycles. The Morgan fingerprint density at radius 2 is 2.19 bits per heavy atom. The molecule has 0 bridgehead atoms. The first-order valence-corrected chi connectivity index (χ1v) is 9.28. The predicted octanol–water partition coefficient (Wildman–Crippen LogP) is 1.80. The van der Waals surface area contributed by atoms with Crippen molar-refractivity contribution in [3.63, 3.8) is 0 Å². The van der Waals surface area contributed by atoms with E-state index in [1.807, 2.05) is 24.8 Å². The Bertz CT molecular complexity index is 757. The normalized spacial score (nSPS) is 17.4. The van der Waals surface area contributed by atoms with Crippen LogP contribution in [0.15, 0.2) is 10.6 Å². The van der Waals surface area contributed by atoms with Crippen LogP contribution in [0.5, 0.6) is 0 Å². The van der Waals surface area contributed by atoms with E-state index in [9.17, 15) is 4.79 Å². The minimum atomic E-state index is -0.167. The van der Waals surface area contributed by atoms with Crippen LogP contribution in [0.2, 0.25) is 0 Å². The van der Waals surface area contributed by atoms with E-state index in [1.54, 1.807) is 11.8 Å². The maximum Gasteiger partial charge on any atom is 0.252 e. The molecule has 148 valence electrons. The number of amides is 1. The lowest BCUT2D eigenvalue weighted by Gasteiger charge is -2.33. The quantitative estimate of drug-likeness (QED) is 0.647. The fourth-order valence-electron chi connectivity index (χ4n) is 3.32. The number of carbonyl (C=O) groups excluding carboxylic acids is 1. The zero-order valence-electron chi connectivity index (χ0n) is 16.2. The van der Waals surface area contributed by atoms with Gasteiger partial charge in [-0.05, 0) is 39.2 Å². The summed E-state index contributed by atoms with van der Waals surface area (Å²) in [7, 11) is 1.62. The van der Waals surface area contributed by atoms with Gasteiger partial charge < -0.3 is 18.9 Å². The van der Waals surface area contributed by atoms with Crippen molar-refractivity contribution in [2.24, 2.45) is 0 Å². The summed E-state index contributed by atoms with van der Waals surface area (Å²) in [5.74, 6) is 0.980. The molecule has 1 unspecified atom stereocenters. The van der Waals surface area contributed by atoms with E-state index in [2.05, 4.69) is 15.2 Å². The molecule has 0 saturated carbocycles. The third kappa shape index (κ3) is 4.92. The molecule has 27 heavy (non-hydrogen) atoms. The number of likely N-dealkylation sites (tertiary alicyclic amines) is 1. The zero-order valence-corrected chi connectivity index (χ0v) is 16.2. The van der Waals surface area contributed by atoms with Gasteiger partial charge in [0, 0.05) is 19.3 Å². The molecule has 3 heterocycles. The molecular formula is C18H27N5O4. The highest BCUT2D eigenvalue weighted by molar-refractivity contribution is 5.76. The molecule has 9 nitrogen and oxygen atoms in total. The third-order valence-electron chi connectivity index (χ3n) is 4.65. The Morgan fingerprint density at radius 1 is 1.33 bits per heavy atom. The van der Waals surface area contributed by atoms with Crippen LogP contribution in [-0.4, -0.2) is 57.6 Å². The largest absolute Gasteiger partial charge is 0.382 e. The maximum atomic E-state index is 12.9. The maximum absolute atomic E-state index is 12.9. The average Bonchev–Trinajstić information content (AvgIpc) is 3.25. The first kappa shape index (κ1) is 19.5. The van der Waals surface area contributed by atoms with Crippen LogP contribution < -0.4 is 0 Å². The molecule has 0 aliphatic carbocycles. The van der Waals surface area contributed by atoms with Crippen LogP contribution in [-0.2, 0) is 27.4 Å². The molecule has 2 aromatic rings. The van der Waals surface area contributed by atoms with E-state index in [4.69, 9.17) is 14.0 Å². The van der Waals surface area contributed by atoms with E-state index in [-0.39, 0.29) is 25.1 Å². The Kier molecular flexibility index (Phi) is 6.57. The summed E-state index contributed by atoms with van der Waals surface area (Å²) < 4.78 is 17.4. The Balaban J connectivity index is 1.65. The zero-order chi connectivity index (χ0) is 19.2. The molecule has 0 spiro atoms. The topological polar surface area (TPSA) is 95.5 Å².